The Kier molecular flexibility index (Phi) is 10.2. The van der Waals surface area contributed by atoms with Gasteiger partial charge in [-0.05, 0) is 36.5 Å². The number of rotatable bonds is 11. The number of aliphatic imine (C=N–C) groups is 1. The summed E-state index contributed by atoms with van der Waals surface area (Å²) >= 11 is 0. The zero-order chi connectivity index (χ0) is 20.3. The van der Waals surface area contributed by atoms with Crippen molar-refractivity contribution in [3.8, 4) is 5.75 Å². The van der Waals surface area contributed by atoms with Crippen LogP contribution in [-0.4, -0.2) is 65.3 Å². The first-order chi connectivity index (χ1) is 12.8. The van der Waals surface area contributed by atoms with Crippen molar-refractivity contribution in [2.45, 2.75) is 32.6 Å². The van der Waals surface area contributed by atoms with Crippen molar-refractivity contribution < 1.29 is 13.2 Å². The van der Waals surface area contributed by atoms with Gasteiger partial charge in [0.2, 0.25) is 10.0 Å². The first-order valence-electron chi connectivity index (χ1n) is 9.35. The van der Waals surface area contributed by atoms with Crippen molar-refractivity contribution in [3.05, 3.63) is 29.8 Å². The predicted molar refractivity (Wildman–Crippen MR) is 112 cm³/mol. The topological polar surface area (TPSA) is 83.0 Å². The Morgan fingerprint density at radius 2 is 1.85 bits per heavy atom. The molecule has 0 aliphatic carbocycles. The van der Waals surface area contributed by atoms with Crippen molar-refractivity contribution in [1.82, 2.24) is 14.9 Å². The highest BCUT2D eigenvalue weighted by Gasteiger charge is 2.13. The molecule has 0 aromatic heterocycles. The van der Waals surface area contributed by atoms with E-state index < -0.39 is 10.0 Å². The number of benzene rings is 1. The Bertz CT molecular complexity index is 675. The minimum atomic E-state index is -3.12. The molecular weight excluding hydrogens is 364 g/mol. The molecule has 0 heterocycles. The van der Waals surface area contributed by atoms with Gasteiger partial charge in [-0.1, -0.05) is 26.0 Å². The van der Waals surface area contributed by atoms with Crippen LogP contribution in [0, 0.1) is 0 Å². The van der Waals surface area contributed by atoms with Gasteiger partial charge in [-0.15, -0.1) is 0 Å². The quantitative estimate of drug-likeness (QED) is 0.339. The molecule has 27 heavy (non-hydrogen) atoms. The van der Waals surface area contributed by atoms with Crippen LogP contribution in [-0.2, 0) is 10.0 Å². The first-order valence-corrected chi connectivity index (χ1v) is 11.2. The molecule has 1 rings (SSSR count). The van der Waals surface area contributed by atoms with Crippen LogP contribution < -0.4 is 15.4 Å². The first kappa shape index (κ1) is 23.2. The normalized spacial score (nSPS) is 13.5. The minimum absolute atomic E-state index is 0.425. The van der Waals surface area contributed by atoms with Gasteiger partial charge in [-0.2, -0.15) is 0 Å². The van der Waals surface area contributed by atoms with E-state index in [1.54, 1.807) is 14.2 Å². The lowest BCUT2D eigenvalue weighted by Gasteiger charge is -2.18. The number of guanidine groups is 1. The summed E-state index contributed by atoms with van der Waals surface area (Å²) in [5, 5.41) is 6.54. The molecule has 0 saturated carbocycles. The summed E-state index contributed by atoms with van der Waals surface area (Å²) < 4.78 is 29.8. The molecule has 0 aliphatic rings. The smallest absolute Gasteiger partial charge is 0.211 e. The zero-order valence-electron chi connectivity index (χ0n) is 17.2. The molecule has 1 atom stereocenters. The van der Waals surface area contributed by atoms with Crippen LogP contribution >= 0.6 is 0 Å². The van der Waals surface area contributed by atoms with Gasteiger partial charge in [-0.3, -0.25) is 4.99 Å². The monoisotopic (exact) mass is 398 g/mol. The maximum Gasteiger partial charge on any atom is 0.211 e. The molecule has 7 nitrogen and oxygen atoms in total. The number of nitrogens with zero attached hydrogens (tertiary/aromatic N) is 2. The fourth-order valence-electron chi connectivity index (χ4n) is 2.75. The molecule has 1 unspecified atom stereocenters. The highest BCUT2D eigenvalue weighted by atomic mass is 32.2. The SMILES string of the molecule is CCN(CCCNC(=NC)NCCC(C)c1ccc(OC)cc1)S(C)(=O)=O. The minimum Gasteiger partial charge on any atom is -0.497 e. The van der Waals surface area contributed by atoms with Gasteiger partial charge in [0.25, 0.3) is 0 Å². The molecule has 0 saturated heterocycles. The number of hydrogen-bond acceptors (Lipinski definition) is 4. The maximum atomic E-state index is 11.6. The molecule has 1 aromatic carbocycles. The van der Waals surface area contributed by atoms with Gasteiger partial charge in [0.05, 0.1) is 13.4 Å². The predicted octanol–water partition coefficient (Wildman–Crippen LogP) is 2.03. The Labute approximate surface area is 164 Å². The van der Waals surface area contributed by atoms with Crippen molar-refractivity contribution in [1.29, 1.82) is 0 Å². The van der Waals surface area contributed by atoms with Crippen LogP contribution in [0.1, 0.15) is 38.2 Å². The molecule has 0 bridgehead atoms. The van der Waals surface area contributed by atoms with E-state index in [0.717, 1.165) is 31.1 Å². The van der Waals surface area contributed by atoms with Crippen LogP contribution in [0.25, 0.3) is 0 Å². The third-order valence-electron chi connectivity index (χ3n) is 4.48. The van der Waals surface area contributed by atoms with E-state index >= 15 is 0 Å². The third-order valence-corrected chi connectivity index (χ3v) is 5.86. The van der Waals surface area contributed by atoms with Crippen LogP contribution in [0.3, 0.4) is 0 Å². The van der Waals surface area contributed by atoms with E-state index in [1.165, 1.54) is 16.1 Å². The molecule has 0 amide bonds. The van der Waals surface area contributed by atoms with Gasteiger partial charge < -0.3 is 15.4 Å². The van der Waals surface area contributed by atoms with E-state index in [4.69, 9.17) is 4.74 Å². The van der Waals surface area contributed by atoms with Crippen LogP contribution in [0.2, 0.25) is 0 Å². The maximum absolute atomic E-state index is 11.6. The fraction of sp³-hybridized carbons (Fsp3) is 0.632. The second kappa shape index (κ2) is 11.8. The second-order valence-corrected chi connectivity index (χ2v) is 8.48. The van der Waals surface area contributed by atoms with Crippen LogP contribution in [0.15, 0.2) is 29.3 Å². The van der Waals surface area contributed by atoms with Crippen molar-refractivity contribution in [3.63, 3.8) is 0 Å². The molecular formula is C19H34N4O3S. The van der Waals surface area contributed by atoms with Gasteiger partial charge >= 0.3 is 0 Å². The molecule has 0 radical (unpaired) electrons. The van der Waals surface area contributed by atoms with E-state index in [-0.39, 0.29) is 0 Å². The highest BCUT2D eigenvalue weighted by molar-refractivity contribution is 7.88. The van der Waals surface area contributed by atoms with Crippen LogP contribution in [0.4, 0.5) is 0 Å². The highest BCUT2D eigenvalue weighted by Crippen LogP contribution is 2.21. The molecule has 8 heteroatoms. The second-order valence-electron chi connectivity index (χ2n) is 6.50. The Hall–Kier alpha value is -1.80. The van der Waals surface area contributed by atoms with Gasteiger partial charge in [-0.25, -0.2) is 12.7 Å². The molecule has 1 aromatic rings. The Morgan fingerprint density at radius 1 is 1.22 bits per heavy atom. The van der Waals surface area contributed by atoms with E-state index in [0.29, 0.717) is 25.6 Å². The largest absolute Gasteiger partial charge is 0.497 e. The molecule has 0 fully saturated rings. The summed E-state index contributed by atoms with van der Waals surface area (Å²) in [6, 6.07) is 8.15. The number of nitrogens with one attached hydrogen (secondary N) is 2. The lowest BCUT2D eigenvalue weighted by Crippen LogP contribution is -2.40. The molecule has 2 N–H and O–H groups in total. The third kappa shape index (κ3) is 8.62. The molecule has 0 aliphatic heterocycles. The van der Waals surface area contributed by atoms with Gasteiger partial charge in [0, 0.05) is 33.2 Å². The summed E-state index contributed by atoms with van der Waals surface area (Å²) in [4.78, 5) is 4.21. The van der Waals surface area contributed by atoms with E-state index in [2.05, 4.69) is 34.7 Å². The zero-order valence-corrected chi connectivity index (χ0v) is 18.0. The van der Waals surface area contributed by atoms with Gasteiger partial charge in [0.15, 0.2) is 5.96 Å². The van der Waals surface area contributed by atoms with Crippen molar-refractivity contribution >= 4 is 16.0 Å². The summed E-state index contributed by atoms with van der Waals surface area (Å²) in [5.41, 5.74) is 1.28. The fourth-order valence-corrected chi connectivity index (χ4v) is 3.68. The summed E-state index contributed by atoms with van der Waals surface area (Å²) in [6.45, 7) is 6.52. The van der Waals surface area contributed by atoms with Crippen molar-refractivity contribution in [2.75, 3.05) is 46.6 Å². The average molecular weight is 399 g/mol. The summed E-state index contributed by atoms with van der Waals surface area (Å²) in [6.07, 6.45) is 2.95. The summed E-state index contributed by atoms with van der Waals surface area (Å²) in [7, 11) is 0.278. The van der Waals surface area contributed by atoms with E-state index in [1.807, 2.05) is 19.1 Å². The lowest BCUT2D eigenvalue weighted by molar-refractivity contribution is 0.414. The molecule has 0 spiro atoms. The number of sulfonamides is 1. The van der Waals surface area contributed by atoms with E-state index in [9.17, 15) is 8.42 Å². The van der Waals surface area contributed by atoms with Crippen molar-refractivity contribution in [2.24, 2.45) is 4.99 Å². The number of methoxy groups -OCH3 is 1. The Balaban J connectivity index is 2.31. The van der Waals surface area contributed by atoms with Crippen LogP contribution in [0.5, 0.6) is 5.75 Å². The summed E-state index contributed by atoms with van der Waals surface area (Å²) in [5.74, 6) is 2.03. The average Bonchev–Trinajstić information content (AvgIpc) is 2.65. The number of ether oxygens (including phenoxy) is 1. The Morgan fingerprint density at radius 3 is 2.37 bits per heavy atom. The van der Waals surface area contributed by atoms with Gasteiger partial charge in [0.1, 0.15) is 5.75 Å². The number of hydrogen-bond donors (Lipinski definition) is 2. The standard InChI is InChI=1S/C19H34N4O3S/c1-6-23(27(5,24)25)15-7-13-21-19(20-3)22-14-12-16(2)17-8-10-18(26-4)11-9-17/h8-11,16H,6-7,12-15H2,1-5H3,(H2,20,21,22). The lowest BCUT2D eigenvalue weighted by atomic mass is 9.98. The molecule has 154 valence electrons.